The fourth-order valence-electron chi connectivity index (χ4n) is 5.97. The molecule has 2 heterocycles. The molecule has 46 heavy (non-hydrogen) atoms. The van der Waals surface area contributed by atoms with E-state index >= 15 is 0 Å². The molecule has 0 fully saturated rings. The molecule has 0 unspecified atom stereocenters. The number of phenols is 1. The lowest BCUT2D eigenvalue weighted by Crippen LogP contribution is -1.97. The van der Waals surface area contributed by atoms with Crippen LogP contribution in [0, 0.1) is 0 Å². The molecule has 0 aliphatic heterocycles. The highest BCUT2D eigenvalue weighted by Gasteiger charge is 2.23. The smallest absolute Gasteiger partial charge is 0.261 e. The van der Waals surface area contributed by atoms with Gasteiger partial charge in [-0.3, -0.25) is 0 Å². The fourth-order valence-corrected chi connectivity index (χ4v) is 6.74. The zero-order valence-electron chi connectivity index (χ0n) is 24.0. The molecular weight excluding hydrogens is 637 g/mol. The van der Waals surface area contributed by atoms with Gasteiger partial charge in [0.15, 0.2) is 5.75 Å². The predicted molar refractivity (Wildman–Crippen MR) is 187 cm³/mol. The van der Waals surface area contributed by atoms with Crippen molar-refractivity contribution in [3.8, 4) is 56.5 Å². The minimum Gasteiger partial charge on any atom is -0.505 e. The second-order valence-corrected chi connectivity index (χ2v) is 12.1. The summed E-state index contributed by atoms with van der Waals surface area (Å²) in [6, 6.07) is 41.7. The Hall–Kier alpha value is -5.07. The fraction of sp³-hybridized carbons (Fsp3) is 0. The Morgan fingerprint density at radius 1 is 0.587 bits per heavy atom. The van der Waals surface area contributed by atoms with Crippen molar-refractivity contribution in [2.75, 3.05) is 0 Å². The van der Waals surface area contributed by atoms with E-state index < -0.39 is 0 Å². The molecule has 0 amide bonds. The van der Waals surface area contributed by atoms with Crippen LogP contribution in [0.3, 0.4) is 0 Å². The van der Waals surface area contributed by atoms with Crippen LogP contribution in [0.25, 0.3) is 72.6 Å². The minimum absolute atomic E-state index is 0.0555. The first-order valence-corrected chi connectivity index (χ1v) is 15.6. The molecule has 5 nitrogen and oxygen atoms in total. The van der Waals surface area contributed by atoms with Crippen molar-refractivity contribution in [1.82, 2.24) is 14.7 Å². The zero-order valence-corrected chi connectivity index (χ0v) is 26.2. The molecule has 6 aromatic carbocycles. The van der Waals surface area contributed by atoms with Gasteiger partial charge in [0.2, 0.25) is 5.82 Å². The molecule has 0 bridgehead atoms. The van der Waals surface area contributed by atoms with Crippen molar-refractivity contribution < 1.29 is 9.63 Å². The minimum atomic E-state index is -0.0555. The van der Waals surface area contributed by atoms with E-state index in [4.69, 9.17) is 39.3 Å². The lowest BCUT2D eigenvalue weighted by molar-refractivity contribution is 0.431. The second kappa shape index (κ2) is 11.4. The van der Waals surface area contributed by atoms with E-state index in [1.54, 1.807) is 30.3 Å². The van der Waals surface area contributed by atoms with Crippen LogP contribution in [0.4, 0.5) is 0 Å². The summed E-state index contributed by atoms with van der Waals surface area (Å²) in [6.07, 6.45) is 0. The summed E-state index contributed by atoms with van der Waals surface area (Å²) in [6.45, 7) is 0. The molecule has 0 radical (unpaired) electrons. The molecule has 2 aromatic heterocycles. The van der Waals surface area contributed by atoms with Crippen LogP contribution in [0.1, 0.15) is 0 Å². The standard InChI is InChI=1S/C38H22Cl3N3O2/c39-26-20-29(37-42-38(46-43-37)35-30(40)12-7-13-31(35)41)36(45)34(21-26)44-32-16-14-24(22-8-3-1-4-9-22)18-27(32)28-19-25(15-17-33(28)44)23-10-5-2-6-11-23/h1-21,45H. The number of aromatic hydroxyl groups is 1. The average Bonchev–Trinajstić information content (AvgIpc) is 3.69. The third-order valence-corrected chi connectivity index (χ3v) is 8.97. The summed E-state index contributed by atoms with van der Waals surface area (Å²) in [7, 11) is 0. The SMILES string of the molecule is Oc1c(-c2noc(-c3c(Cl)cccc3Cl)n2)cc(Cl)cc1-n1c2ccc(-c3ccccc3)cc2c2cc(-c3ccccc3)ccc21. The van der Waals surface area contributed by atoms with Crippen LogP contribution < -0.4 is 0 Å². The van der Waals surface area contributed by atoms with Crippen molar-refractivity contribution >= 4 is 56.6 Å². The number of halogens is 3. The summed E-state index contributed by atoms with van der Waals surface area (Å²) in [5.41, 5.74) is 7.41. The maximum Gasteiger partial charge on any atom is 0.261 e. The van der Waals surface area contributed by atoms with Crippen LogP contribution >= 0.6 is 34.8 Å². The van der Waals surface area contributed by atoms with Crippen LogP contribution in [0.2, 0.25) is 15.1 Å². The van der Waals surface area contributed by atoms with E-state index in [2.05, 4.69) is 70.8 Å². The highest BCUT2D eigenvalue weighted by atomic mass is 35.5. The Labute approximate surface area is 278 Å². The van der Waals surface area contributed by atoms with Gasteiger partial charge in [-0.2, -0.15) is 4.98 Å². The third-order valence-electron chi connectivity index (χ3n) is 8.12. The zero-order chi connectivity index (χ0) is 31.4. The molecule has 0 saturated carbocycles. The Morgan fingerprint density at radius 2 is 1.15 bits per heavy atom. The van der Waals surface area contributed by atoms with Crippen LogP contribution in [0.15, 0.2) is 132 Å². The highest BCUT2D eigenvalue weighted by Crippen LogP contribution is 2.43. The maximum absolute atomic E-state index is 11.9. The molecule has 1 N–H and O–H groups in total. The van der Waals surface area contributed by atoms with E-state index in [1.807, 2.05) is 41.0 Å². The first-order chi connectivity index (χ1) is 22.5. The van der Waals surface area contributed by atoms with E-state index in [1.165, 1.54) is 0 Å². The largest absolute Gasteiger partial charge is 0.505 e. The van der Waals surface area contributed by atoms with Gasteiger partial charge in [-0.05, 0) is 70.8 Å². The average molecular weight is 659 g/mol. The number of hydrogen-bond acceptors (Lipinski definition) is 4. The van der Waals surface area contributed by atoms with Gasteiger partial charge in [-0.25, -0.2) is 0 Å². The number of nitrogens with zero attached hydrogens (tertiary/aromatic N) is 3. The van der Waals surface area contributed by atoms with Crippen molar-refractivity contribution in [2.45, 2.75) is 0 Å². The number of aromatic nitrogens is 3. The quantitative estimate of drug-likeness (QED) is 0.200. The molecule has 8 aromatic rings. The van der Waals surface area contributed by atoms with Crippen LogP contribution in [0.5, 0.6) is 5.75 Å². The molecule has 8 heteroatoms. The molecular formula is C38H22Cl3N3O2. The van der Waals surface area contributed by atoms with Crippen LogP contribution in [-0.2, 0) is 0 Å². The van der Waals surface area contributed by atoms with Crippen LogP contribution in [-0.4, -0.2) is 19.8 Å². The predicted octanol–water partition coefficient (Wildman–Crippen LogP) is 11.5. The summed E-state index contributed by atoms with van der Waals surface area (Å²) in [4.78, 5) is 4.54. The number of rotatable bonds is 5. The maximum atomic E-state index is 11.9. The number of hydrogen-bond donors (Lipinski definition) is 1. The molecule has 222 valence electrons. The Balaban J connectivity index is 1.35. The third kappa shape index (κ3) is 4.81. The van der Waals surface area contributed by atoms with Gasteiger partial charge in [-0.15, -0.1) is 0 Å². The molecule has 0 saturated heterocycles. The number of fused-ring (bicyclic) bond motifs is 3. The van der Waals surface area contributed by atoms with Gasteiger partial charge in [0.25, 0.3) is 5.89 Å². The molecule has 0 aliphatic rings. The van der Waals surface area contributed by atoms with Crippen molar-refractivity contribution in [3.05, 3.63) is 142 Å². The summed E-state index contributed by atoms with van der Waals surface area (Å²) >= 11 is 19.5. The van der Waals surface area contributed by atoms with Gasteiger partial charge in [0.1, 0.15) is 0 Å². The Kier molecular flexibility index (Phi) is 7.03. The number of phenolic OH excluding ortho intramolecular Hbond substituents is 1. The lowest BCUT2D eigenvalue weighted by atomic mass is 10.0. The lowest BCUT2D eigenvalue weighted by Gasteiger charge is -2.13. The van der Waals surface area contributed by atoms with E-state index in [9.17, 15) is 5.11 Å². The van der Waals surface area contributed by atoms with Gasteiger partial charge < -0.3 is 14.2 Å². The first kappa shape index (κ1) is 28.4. The van der Waals surface area contributed by atoms with Gasteiger partial charge in [0.05, 0.1) is 37.9 Å². The molecule has 8 rings (SSSR count). The monoisotopic (exact) mass is 657 g/mol. The first-order valence-electron chi connectivity index (χ1n) is 14.5. The Bertz CT molecular complexity index is 2300. The van der Waals surface area contributed by atoms with Gasteiger partial charge in [-0.1, -0.05) is 119 Å². The van der Waals surface area contributed by atoms with Crippen molar-refractivity contribution in [1.29, 1.82) is 0 Å². The second-order valence-electron chi connectivity index (χ2n) is 10.9. The van der Waals surface area contributed by atoms with E-state index in [-0.39, 0.29) is 17.5 Å². The highest BCUT2D eigenvalue weighted by molar-refractivity contribution is 6.39. The normalized spacial score (nSPS) is 11.5. The Morgan fingerprint density at radius 3 is 1.72 bits per heavy atom. The molecule has 0 spiro atoms. The molecule has 0 aliphatic carbocycles. The summed E-state index contributed by atoms with van der Waals surface area (Å²) in [5, 5.41) is 19.2. The van der Waals surface area contributed by atoms with Crippen molar-refractivity contribution in [2.24, 2.45) is 0 Å². The number of benzene rings is 6. The van der Waals surface area contributed by atoms with E-state index in [0.717, 1.165) is 44.1 Å². The summed E-state index contributed by atoms with van der Waals surface area (Å²) < 4.78 is 7.57. The van der Waals surface area contributed by atoms with Gasteiger partial charge in [0, 0.05) is 15.8 Å². The van der Waals surface area contributed by atoms with Gasteiger partial charge >= 0.3 is 0 Å². The summed E-state index contributed by atoms with van der Waals surface area (Å²) in [5.74, 6) is 0.219. The molecule has 0 atom stereocenters. The topological polar surface area (TPSA) is 64.1 Å². The van der Waals surface area contributed by atoms with Crippen molar-refractivity contribution in [3.63, 3.8) is 0 Å². The van der Waals surface area contributed by atoms with E-state index in [0.29, 0.717) is 31.9 Å².